The van der Waals surface area contributed by atoms with Gasteiger partial charge in [0, 0.05) is 37.4 Å². The Hall–Kier alpha value is -2.60. The maximum Gasteiger partial charge on any atom is 0.254 e. The first-order chi connectivity index (χ1) is 12.1. The summed E-state index contributed by atoms with van der Waals surface area (Å²) >= 11 is 1.44. The average Bonchev–Trinajstić information content (AvgIpc) is 3.01. The minimum atomic E-state index is 0.0667. The van der Waals surface area contributed by atoms with E-state index in [1.165, 1.54) is 22.6 Å². The second-order valence-electron chi connectivity index (χ2n) is 6.35. The first-order valence-electron chi connectivity index (χ1n) is 8.37. The number of benzene rings is 2. The molecule has 5 nitrogen and oxygen atoms in total. The first-order valence-corrected chi connectivity index (χ1v) is 9.19. The van der Waals surface area contributed by atoms with Crippen molar-refractivity contribution in [1.29, 1.82) is 0 Å². The summed E-state index contributed by atoms with van der Waals surface area (Å²) in [5.74, 6) is 0.0667. The Morgan fingerprint density at radius 3 is 2.52 bits per heavy atom. The van der Waals surface area contributed by atoms with Crippen molar-refractivity contribution in [3.8, 4) is 0 Å². The second kappa shape index (κ2) is 6.37. The third-order valence-corrected chi connectivity index (χ3v) is 5.48. The van der Waals surface area contributed by atoms with E-state index in [1.54, 1.807) is 0 Å². The highest BCUT2D eigenvalue weighted by Gasteiger charge is 2.22. The molecule has 0 saturated carbocycles. The fourth-order valence-corrected chi connectivity index (χ4v) is 3.90. The average molecular weight is 352 g/mol. The van der Waals surface area contributed by atoms with Crippen molar-refractivity contribution in [3.05, 3.63) is 53.6 Å². The van der Waals surface area contributed by atoms with Crippen molar-refractivity contribution < 1.29 is 4.79 Å². The molecule has 128 valence electrons. The van der Waals surface area contributed by atoms with Crippen LogP contribution in [-0.4, -0.2) is 42.0 Å². The van der Waals surface area contributed by atoms with Crippen LogP contribution < -0.4 is 10.6 Å². The number of aryl methyl sites for hydroxylation is 1. The van der Waals surface area contributed by atoms with Gasteiger partial charge in [-0.3, -0.25) is 4.79 Å². The van der Waals surface area contributed by atoms with Crippen LogP contribution in [-0.2, 0) is 0 Å². The van der Waals surface area contributed by atoms with Gasteiger partial charge in [0.1, 0.15) is 0 Å². The molecule has 1 fully saturated rings. The number of nitrogen functional groups attached to an aromatic ring is 1. The zero-order valence-corrected chi connectivity index (χ0v) is 14.9. The normalized spacial score (nSPS) is 14.9. The van der Waals surface area contributed by atoms with E-state index in [4.69, 9.17) is 5.73 Å². The van der Waals surface area contributed by atoms with E-state index < -0.39 is 0 Å². The van der Waals surface area contributed by atoms with E-state index in [0.29, 0.717) is 10.7 Å². The van der Waals surface area contributed by atoms with Gasteiger partial charge in [-0.25, -0.2) is 4.98 Å². The smallest absolute Gasteiger partial charge is 0.254 e. The van der Waals surface area contributed by atoms with Crippen molar-refractivity contribution in [2.24, 2.45) is 0 Å². The molecule has 0 bridgehead atoms. The summed E-state index contributed by atoms with van der Waals surface area (Å²) in [4.78, 5) is 21.3. The van der Waals surface area contributed by atoms with Gasteiger partial charge in [-0.05, 0) is 37.3 Å². The Bertz CT molecular complexity index is 911. The van der Waals surface area contributed by atoms with Gasteiger partial charge in [0.2, 0.25) is 0 Å². The molecular weight excluding hydrogens is 332 g/mol. The third kappa shape index (κ3) is 3.17. The number of nitrogens with two attached hydrogens (primary N) is 1. The van der Waals surface area contributed by atoms with Crippen LogP contribution in [0.25, 0.3) is 10.2 Å². The van der Waals surface area contributed by atoms with Crippen LogP contribution in [0, 0.1) is 6.92 Å². The van der Waals surface area contributed by atoms with Gasteiger partial charge in [-0.15, -0.1) is 0 Å². The number of aromatic nitrogens is 1. The van der Waals surface area contributed by atoms with Crippen LogP contribution in [0.5, 0.6) is 0 Å². The molecule has 0 atom stereocenters. The zero-order chi connectivity index (χ0) is 17.4. The van der Waals surface area contributed by atoms with E-state index in [-0.39, 0.29) is 5.91 Å². The molecule has 2 N–H and O–H groups in total. The molecule has 0 spiro atoms. The molecule has 2 heterocycles. The molecule has 1 aromatic heterocycles. The maximum atomic E-state index is 12.8. The summed E-state index contributed by atoms with van der Waals surface area (Å²) in [5, 5.41) is 0.534. The van der Waals surface area contributed by atoms with Crippen LogP contribution in [0.4, 0.5) is 10.8 Å². The van der Waals surface area contributed by atoms with E-state index in [0.717, 1.165) is 36.4 Å². The second-order valence-corrected chi connectivity index (χ2v) is 7.41. The molecule has 1 saturated heterocycles. The number of carbonyl (C=O) groups is 1. The molecule has 1 aliphatic rings. The van der Waals surface area contributed by atoms with Crippen molar-refractivity contribution in [3.63, 3.8) is 0 Å². The van der Waals surface area contributed by atoms with Crippen LogP contribution >= 0.6 is 11.3 Å². The number of hydrogen-bond acceptors (Lipinski definition) is 5. The Labute approximate surface area is 150 Å². The van der Waals surface area contributed by atoms with Crippen LogP contribution in [0.2, 0.25) is 0 Å². The lowest BCUT2D eigenvalue weighted by molar-refractivity contribution is 0.0747. The predicted molar refractivity (Wildman–Crippen MR) is 103 cm³/mol. The maximum absolute atomic E-state index is 12.8. The van der Waals surface area contributed by atoms with E-state index >= 15 is 0 Å². The fraction of sp³-hybridized carbons (Fsp3) is 0.263. The molecule has 1 aliphatic heterocycles. The number of amides is 1. The molecule has 25 heavy (non-hydrogen) atoms. The Morgan fingerprint density at radius 2 is 1.80 bits per heavy atom. The number of nitrogens with zero attached hydrogens (tertiary/aromatic N) is 3. The molecule has 4 rings (SSSR count). The largest absolute Gasteiger partial charge is 0.375 e. The lowest BCUT2D eigenvalue weighted by Gasteiger charge is -2.36. The minimum Gasteiger partial charge on any atom is -0.375 e. The predicted octanol–water partition coefficient (Wildman–Crippen LogP) is 3.15. The monoisotopic (exact) mass is 352 g/mol. The summed E-state index contributed by atoms with van der Waals surface area (Å²) in [7, 11) is 0. The van der Waals surface area contributed by atoms with Crippen LogP contribution in [0.3, 0.4) is 0 Å². The summed E-state index contributed by atoms with van der Waals surface area (Å²) in [6.45, 7) is 5.24. The SMILES string of the molecule is Cc1ccc(N2CCN(C(=O)c3ccc4sc(N)nc4c3)CC2)cc1. The van der Waals surface area contributed by atoms with Crippen LogP contribution in [0.1, 0.15) is 15.9 Å². The summed E-state index contributed by atoms with van der Waals surface area (Å²) in [5.41, 5.74) is 9.71. The Kier molecular flexibility index (Phi) is 4.05. The number of carbonyl (C=O) groups excluding carboxylic acids is 1. The van der Waals surface area contributed by atoms with Crippen molar-refractivity contribution in [2.75, 3.05) is 36.8 Å². The number of piperazine rings is 1. The highest BCUT2D eigenvalue weighted by molar-refractivity contribution is 7.22. The molecule has 0 aliphatic carbocycles. The minimum absolute atomic E-state index is 0.0667. The molecule has 6 heteroatoms. The van der Waals surface area contributed by atoms with E-state index in [2.05, 4.69) is 41.1 Å². The lowest BCUT2D eigenvalue weighted by Crippen LogP contribution is -2.48. The standard InChI is InChI=1S/C19H20N4OS/c1-13-2-5-15(6-3-13)22-8-10-23(11-9-22)18(24)14-4-7-17-16(12-14)21-19(20)25-17/h2-7,12H,8-11H2,1H3,(H2,20,21). The van der Waals surface area contributed by atoms with Crippen molar-refractivity contribution >= 4 is 38.3 Å². The number of thiazole rings is 1. The third-order valence-electron chi connectivity index (χ3n) is 4.62. The van der Waals surface area contributed by atoms with Crippen molar-refractivity contribution in [2.45, 2.75) is 6.92 Å². The fourth-order valence-electron chi connectivity index (χ4n) is 3.18. The van der Waals surface area contributed by atoms with Crippen LogP contribution in [0.15, 0.2) is 42.5 Å². The molecule has 2 aromatic carbocycles. The highest BCUT2D eigenvalue weighted by Crippen LogP contribution is 2.25. The summed E-state index contributed by atoms with van der Waals surface area (Å²) in [6, 6.07) is 14.2. The summed E-state index contributed by atoms with van der Waals surface area (Å²) in [6.07, 6.45) is 0. The Balaban J connectivity index is 1.45. The van der Waals surface area contributed by atoms with Crippen molar-refractivity contribution in [1.82, 2.24) is 9.88 Å². The van der Waals surface area contributed by atoms with Gasteiger partial charge in [-0.2, -0.15) is 0 Å². The van der Waals surface area contributed by atoms with Gasteiger partial charge < -0.3 is 15.5 Å². The molecule has 0 radical (unpaired) electrons. The number of anilines is 2. The number of fused-ring (bicyclic) bond motifs is 1. The van der Waals surface area contributed by atoms with Gasteiger partial charge in [-0.1, -0.05) is 29.0 Å². The number of rotatable bonds is 2. The van der Waals surface area contributed by atoms with Gasteiger partial charge >= 0.3 is 0 Å². The molecule has 1 amide bonds. The Morgan fingerprint density at radius 1 is 1.08 bits per heavy atom. The van der Waals surface area contributed by atoms with E-state index in [9.17, 15) is 4.79 Å². The first kappa shape index (κ1) is 15.9. The number of hydrogen-bond donors (Lipinski definition) is 1. The lowest BCUT2D eigenvalue weighted by atomic mass is 10.1. The van der Waals surface area contributed by atoms with Gasteiger partial charge in [0.15, 0.2) is 5.13 Å². The van der Waals surface area contributed by atoms with Gasteiger partial charge in [0.05, 0.1) is 10.2 Å². The molecule has 0 unspecified atom stereocenters. The van der Waals surface area contributed by atoms with Gasteiger partial charge in [0.25, 0.3) is 5.91 Å². The summed E-state index contributed by atoms with van der Waals surface area (Å²) < 4.78 is 1.01. The van der Waals surface area contributed by atoms with E-state index in [1.807, 2.05) is 23.1 Å². The zero-order valence-electron chi connectivity index (χ0n) is 14.1. The topological polar surface area (TPSA) is 62.5 Å². The quantitative estimate of drug-likeness (QED) is 0.770. The highest BCUT2D eigenvalue weighted by atomic mass is 32.1. The molecule has 3 aromatic rings. The molecular formula is C19H20N4OS.